The molecular weight excluding hydrogens is 308 g/mol. The maximum atomic E-state index is 12.5. The molecule has 1 aromatic carbocycles. The van der Waals surface area contributed by atoms with Crippen LogP contribution in [0.3, 0.4) is 0 Å². The van der Waals surface area contributed by atoms with Crippen LogP contribution in [0.4, 0.5) is 0 Å². The average molecular weight is 334 g/mol. The lowest BCUT2D eigenvalue weighted by Gasteiger charge is -2.30. The Kier molecular flexibility index (Phi) is 7.95. The van der Waals surface area contributed by atoms with Crippen LogP contribution in [0.2, 0.25) is 0 Å². The molecule has 1 aromatic rings. The second-order valence-electron chi connectivity index (χ2n) is 5.85. The minimum atomic E-state index is -1.05. The van der Waals surface area contributed by atoms with Crippen molar-refractivity contribution in [3.63, 3.8) is 0 Å². The van der Waals surface area contributed by atoms with Gasteiger partial charge in [0, 0.05) is 19.5 Å². The highest BCUT2D eigenvalue weighted by Crippen LogP contribution is 2.07. The fourth-order valence-corrected chi connectivity index (χ4v) is 2.37. The summed E-state index contributed by atoms with van der Waals surface area (Å²) in [4.78, 5) is 38.1. The molecule has 0 heterocycles. The maximum absolute atomic E-state index is 12.5. The molecule has 1 atom stereocenters. The van der Waals surface area contributed by atoms with Gasteiger partial charge in [0.25, 0.3) is 0 Å². The zero-order chi connectivity index (χ0) is 18.1. The quantitative estimate of drug-likeness (QED) is 0.747. The van der Waals surface area contributed by atoms with Crippen molar-refractivity contribution in [2.24, 2.45) is 0 Å². The van der Waals surface area contributed by atoms with Gasteiger partial charge in [-0.25, -0.2) is 0 Å². The molecule has 2 amide bonds. The molecule has 1 N–H and O–H groups in total. The summed E-state index contributed by atoms with van der Waals surface area (Å²) in [6.45, 7) is 5.10. The van der Waals surface area contributed by atoms with Crippen LogP contribution >= 0.6 is 0 Å². The highest BCUT2D eigenvalue weighted by Gasteiger charge is 2.24. The molecule has 0 aliphatic rings. The number of benzene rings is 1. The van der Waals surface area contributed by atoms with Gasteiger partial charge < -0.3 is 14.9 Å². The van der Waals surface area contributed by atoms with Crippen LogP contribution in [-0.4, -0.2) is 58.4 Å². The van der Waals surface area contributed by atoms with Gasteiger partial charge in [0.2, 0.25) is 11.8 Å². The fourth-order valence-electron chi connectivity index (χ4n) is 2.37. The van der Waals surface area contributed by atoms with Crippen molar-refractivity contribution in [1.29, 1.82) is 0 Å². The largest absolute Gasteiger partial charge is 0.480 e. The number of nitrogens with zero attached hydrogens (tertiary/aromatic N) is 2. The van der Waals surface area contributed by atoms with Crippen LogP contribution in [-0.2, 0) is 20.8 Å². The summed E-state index contributed by atoms with van der Waals surface area (Å²) in [5, 5.41) is 9.00. The Morgan fingerprint density at radius 2 is 1.75 bits per heavy atom. The van der Waals surface area contributed by atoms with Crippen molar-refractivity contribution in [2.45, 2.75) is 39.7 Å². The van der Waals surface area contributed by atoms with E-state index in [1.54, 1.807) is 0 Å². The van der Waals surface area contributed by atoms with Crippen molar-refractivity contribution >= 4 is 17.8 Å². The van der Waals surface area contributed by atoms with E-state index < -0.39 is 5.97 Å². The van der Waals surface area contributed by atoms with Crippen molar-refractivity contribution in [1.82, 2.24) is 9.80 Å². The lowest BCUT2D eigenvalue weighted by Crippen LogP contribution is -2.48. The Labute approximate surface area is 143 Å². The second-order valence-corrected chi connectivity index (χ2v) is 5.85. The number of carboxylic acids is 1. The van der Waals surface area contributed by atoms with Crippen LogP contribution < -0.4 is 0 Å². The zero-order valence-corrected chi connectivity index (χ0v) is 14.6. The summed E-state index contributed by atoms with van der Waals surface area (Å²) in [7, 11) is 0. The third-order valence-corrected chi connectivity index (χ3v) is 4.03. The number of amides is 2. The predicted molar refractivity (Wildman–Crippen MR) is 91.5 cm³/mol. The highest BCUT2D eigenvalue weighted by atomic mass is 16.4. The summed E-state index contributed by atoms with van der Waals surface area (Å²) < 4.78 is 0. The molecule has 0 aromatic heterocycles. The Bertz CT molecular complexity index is 559. The lowest BCUT2D eigenvalue weighted by atomic mass is 10.1. The first kappa shape index (κ1) is 19.7. The van der Waals surface area contributed by atoms with E-state index in [4.69, 9.17) is 5.11 Å². The molecule has 0 radical (unpaired) electrons. The molecule has 0 saturated heterocycles. The Hall–Kier alpha value is -2.37. The molecule has 1 rings (SSSR count). The predicted octanol–water partition coefficient (Wildman–Crippen LogP) is 1.79. The maximum Gasteiger partial charge on any atom is 0.323 e. The summed E-state index contributed by atoms with van der Waals surface area (Å²) in [6, 6.07) is 9.53. The number of carboxylic acid groups (broad SMARTS) is 1. The van der Waals surface area contributed by atoms with E-state index >= 15 is 0 Å². The average Bonchev–Trinajstić information content (AvgIpc) is 2.56. The lowest BCUT2D eigenvalue weighted by molar-refractivity contribution is -0.148. The standard InChI is InChI=1S/C18H26N2O4/c1-4-14(2)20(13-18(23)24)17(22)12-19(15(3)21)11-10-16-8-6-5-7-9-16/h5-9,14H,4,10-13H2,1-3H3,(H,23,24). The highest BCUT2D eigenvalue weighted by molar-refractivity contribution is 5.86. The van der Waals surface area contributed by atoms with E-state index in [-0.39, 0.29) is 30.9 Å². The first-order valence-corrected chi connectivity index (χ1v) is 8.15. The first-order valence-electron chi connectivity index (χ1n) is 8.15. The molecule has 6 heteroatoms. The minimum Gasteiger partial charge on any atom is -0.480 e. The Morgan fingerprint density at radius 1 is 1.12 bits per heavy atom. The molecule has 24 heavy (non-hydrogen) atoms. The Morgan fingerprint density at radius 3 is 2.25 bits per heavy atom. The SMILES string of the molecule is CCC(C)N(CC(=O)O)C(=O)CN(CCc1ccccc1)C(C)=O. The first-order chi connectivity index (χ1) is 11.3. The third kappa shape index (κ3) is 6.40. The van der Waals surface area contributed by atoms with Crippen LogP contribution in [0.15, 0.2) is 30.3 Å². The van der Waals surface area contributed by atoms with Gasteiger partial charge in [-0.15, -0.1) is 0 Å². The molecule has 1 unspecified atom stereocenters. The number of carbonyl (C=O) groups excluding carboxylic acids is 2. The number of rotatable bonds is 9. The third-order valence-electron chi connectivity index (χ3n) is 4.03. The van der Waals surface area contributed by atoms with Gasteiger partial charge in [-0.3, -0.25) is 14.4 Å². The van der Waals surface area contributed by atoms with Crippen molar-refractivity contribution in [3.05, 3.63) is 35.9 Å². The van der Waals surface area contributed by atoms with E-state index in [1.165, 1.54) is 16.7 Å². The molecule has 6 nitrogen and oxygen atoms in total. The van der Waals surface area contributed by atoms with Gasteiger partial charge in [0.1, 0.15) is 6.54 Å². The topological polar surface area (TPSA) is 77.9 Å². The molecule has 0 saturated carbocycles. The van der Waals surface area contributed by atoms with E-state index in [0.717, 1.165) is 5.56 Å². The van der Waals surface area contributed by atoms with Crippen molar-refractivity contribution < 1.29 is 19.5 Å². The minimum absolute atomic E-state index is 0.0974. The van der Waals surface area contributed by atoms with Crippen molar-refractivity contribution in [2.75, 3.05) is 19.6 Å². The number of aliphatic carboxylic acids is 1. The van der Waals surface area contributed by atoms with E-state index in [9.17, 15) is 14.4 Å². The van der Waals surface area contributed by atoms with Gasteiger partial charge >= 0.3 is 5.97 Å². The summed E-state index contributed by atoms with van der Waals surface area (Å²) in [6.07, 6.45) is 1.30. The molecule has 0 aliphatic heterocycles. The van der Waals surface area contributed by atoms with Gasteiger partial charge in [-0.2, -0.15) is 0 Å². The van der Waals surface area contributed by atoms with Gasteiger partial charge in [0.05, 0.1) is 6.54 Å². The monoisotopic (exact) mass is 334 g/mol. The molecule has 0 spiro atoms. The number of carbonyl (C=O) groups is 3. The molecule has 0 bridgehead atoms. The molecule has 132 valence electrons. The molecule has 0 fully saturated rings. The Balaban J connectivity index is 2.72. The van der Waals surface area contributed by atoms with Crippen molar-refractivity contribution in [3.8, 4) is 0 Å². The van der Waals surface area contributed by atoms with Gasteiger partial charge in [-0.05, 0) is 25.3 Å². The van der Waals surface area contributed by atoms with Gasteiger partial charge in [-0.1, -0.05) is 37.3 Å². The number of hydrogen-bond donors (Lipinski definition) is 1. The molecular formula is C18H26N2O4. The molecule has 0 aliphatic carbocycles. The summed E-state index contributed by atoms with van der Waals surface area (Å²) in [5.74, 6) is -1.59. The van der Waals surface area contributed by atoms with E-state index in [1.807, 2.05) is 44.2 Å². The smallest absolute Gasteiger partial charge is 0.323 e. The van der Waals surface area contributed by atoms with Crippen LogP contribution in [0.5, 0.6) is 0 Å². The summed E-state index contributed by atoms with van der Waals surface area (Å²) in [5.41, 5.74) is 1.08. The van der Waals surface area contributed by atoms with E-state index in [0.29, 0.717) is 19.4 Å². The zero-order valence-electron chi connectivity index (χ0n) is 14.6. The normalized spacial score (nSPS) is 11.6. The van der Waals surface area contributed by atoms with Crippen LogP contribution in [0, 0.1) is 0 Å². The van der Waals surface area contributed by atoms with Crippen LogP contribution in [0.25, 0.3) is 0 Å². The fraction of sp³-hybridized carbons (Fsp3) is 0.500. The van der Waals surface area contributed by atoms with Crippen LogP contribution in [0.1, 0.15) is 32.8 Å². The van der Waals surface area contributed by atoms with Gasteiger partial charge in [0.15, 0.2) is 0 Å². The van der Waals surface area contributed by atoms with E-state index in [2.05, 4.69) is 0 Å². The summed E-state index contributed by atoms with van der Waals surface area (Å²) >= 11 is 0. The number of hydrogen-bond acceptors (Lipinski definition) is 3. The second kappa shape index (κ2) is 9.70.